The molecule has 0 spiro atoms. The zero-order chi connectivity index (χ0) is 11.3. The second kappa shape index (κ2) is 5.79. The van der Waals surface area contributed by atoms with Crippen molar-refractivity contribution in [1.29, 1.82) is 0 Å². The zero-order valence-corrected chi connectivity index (χ0v) is 10.1. The Morgan fingerprint density at radius 1 is 1.40 bits per heavy atom. The summed E-state index contributed by atoms with van der Waals surface area (Å²) in [6, 6.07) is 0.0973. The lowest BCUT2D eigenvalue weighted by atomic mass is 10.1. The molecular weight excluding hydrogens is 216 g/mol. The first-order valence-electron chi connectivity index (χ1n) is 5.29. The highest BCUT2D eigenvalue weighted by Gasteiger charge is 2.24. The average molecular weight is 236 g/mol. The molecule has 0 radical (unpaired) electrons. The van der Waals surface area contributed by atoms with E-state index in [9.17, 15) is 8.42 Å². The molecule has 1 rings (SSSR count). The van der Waals surface area contributed by atoms with Crippen molar-refractivity contribution in [2.75, 3.05) is 20.3 Å². The first-order chi connectivity index (χ1) is 7.03. The number of hydrogen-bond acceptors (Lipinski definition) is 3. The van der Waals surface area contributed by atoms with E-state index in [1.54, 1.807) is 7.11 Å². The van der Waals surface area contributed by atoms with Crippen molar-refractivity contribution in [1.82, 2.24) is 9.44 Å². The van der Waals surface area contributed by atoms with Gasteiger partial charge in [-0.3, -0.25) is 0 Å². The molecule has 2 unspecified atom stereocenters. The molecule has 1 aliphatic carbocycles. The molecule has 15 heavy (non-hydrogen) atoms. The molecule has 1 saturated carbocycles. The average Bonchev–Trinajstić information content (AvgIpc) is 2.50. The van der Waals surface area contributed by atoms with Crippen LogP contribution in [0.1, 0.15) is 26.2 Å². The summed E-state index contributed by atoms with van der Waals surface area (Å²) in [5, 5.41) is 0. The third-order valence-corrected chi connectivity index (χ3v) is 3.84. The largest absolute Gasteiger partial charge is 0.383 e. The van der Waals surface area contributed by atoms with Crippen molar-refractivity contribution in [2.24, 2.45) is 5.92 Å². The van der Waals surface area contributed by atoms with Crippen LogP contribution in [0.15, 0.2) is 0 Å². The fourth-order valence-electron chi connectivity index (χ4n) is 1.85. The predicted octanol–water partition coefficient (Wildman–Crippen LogP) is 0.245. The smallest absolute Gasteiger partial charge is 0.277 e. The Morgan fingerprint density at radius 3 is 2.67 bits per heavy atom. The number of rotatable bonds is 6. The van der Waals surface area contributed by atoms with Gasteiger partial charge in [0.25, 0.3) is 10.2 Å². The molecule has 0 aromatic heterocycles. The standard InChI is InChI=1S/C9H20N2O3S/c1-8-3-4-9(7-8)11-15(12,13)10-5-6-14-2/h8-11H,3-7H2,1-2H3. The van der Waals surface area contributed by atoms with E-state index in [0.29, 0.717) is 19.1 Å². The van der Waals surface area contributed by atoms with Crippen LogP contribution in [-0.2, 0) is 14.9 Å². The van der Waals surface area contributed by atoms with Crippen molar-refractivity contribution in [3.05, 3.63) is 0 Å². The molecule has 0 amide bonds. The second-order valence-electron chi connectivity index (χ2n) is 4.12. The van der Waals surface area contributed by atoms with Crippen molar-refractivity contribution in [2.45, 2.75) is 32.2 Å². The molecule has 0 aromatic carbocycles. The second-order valence-corrected chi connectivity index (χ2v) is 5.65. The molecule has 0 bridgehead atoms. The Balaban J connectivity index is 2.29. The number of methoxy groups -OCH3 is 1. The predicted molar refractivity (Wildman–Crippen MR) is 58.7 cm³/mol. The molecule has 2 atom stereocenters. The van der Waals surface area contributed by atoms with E-state index in [4.69, 9.17) is 4.74 Å². The summed E-state index contributed by atoms with van der Waals surface area (Å²) < 4.78 is 32.8. The highest BCUT2D eigenvalue weighted by Crippen LogP contribution is 2.24. The van der Waals surface area contributed by atoms with Crippen LogP contribution in [-0.4, -0.2) is 34.7 Å². The van der Waals surface area contributed by atoms with Gasteiger partial charge >= 0.3 is 0 Å². The Labute approximate surface area is 91.8 Å². The van der Waals surface area contributed by atoms with E-state index < -0.39 is 10.2 Å². The number of ether oxygens (including phenoxy) is 1. The normalized spacial score (nSPS) is 27.1. The third-order valence-electron chi connectivity index (χ3n) is 2.61. The summed E-state index contributed by atoms with van der Waals surface area (Å²) in [5.74, 6) is 0.622. The van der Waals surface area contributed by atoms with Crippen LogP contribution in [0.25, 0.3) is 0 Å². The van der Waals surface area contributed by atoms with Gasteiger partial charge in [-0.05, 0) is 25.2 Å². The molecule has 90 valence electrons. The lowest BCUT2D eigenvalue weighted by Crippen LogP contribution is -2.42. The van der Waals surface area contributed by atoms with Crippen LogP contribution < -0.4 is 9.44 Å². The molecule has 0 aliphatic heterocycles. The van der Waals surface area contributed by atoms with E-state index in [2.05, 4.69) is 16.4 Å². The van der Waals surface area contributed by atoms with E-state index >= 15 is 0 Å². The minimum Gasteiger partial charge on any atom is -0.383 e. The van der Waals surface area contributed by atoms with Gasteiger partial charge in [-0.1, -0.05) is 6.92 Å². The van der Waals surface area contributed by atoms with Gasteiger partial charge in [-0.15, -0.1) is 0 Å². The summed E-state index contributed by atoms with van der Waals surface area (Å²) in [6.45, 7) is 2.85. The van der Waals surface area contributed by atoms with Crippen LogP contribution in [0, 0.1) is 5.92 Å². The van der Waals surface area contributed by atoms with Crippen LogP contribution in [0.5, 0.6) is 0 Å². The van der Waals surface area contributed by atoms with Crippen LogP contribution in [0.4, 0.5) is 0 Å². The SMILES string of the molecule is COCCNS(=O)(=O)NC1CCC(C)C1. The van der Waals surface area contributed by atoms with E-state index in [1.165, 1.54) is 0 Å². The van der Waals surface area contributed by atoms with E-state index in [0.717, 1.165) is 19.3 Å². The van der Waals surface area contributed by atoms with Gasteiger partial charge in [-0.2, -0.15) is 17.9 Å². The monoisotopic (exact) mass is 236 g/mol. The summed E-state index contributed by atoms with van der Waals surface area (Å²) in [6.07, 6.45) is 2.98. The first-order valence-corrected chi connectivity index (χ1v) is 6.77. The molecule has 0 heterocycles. The quantitative estimate of drug-likeness (QED) is 0.649. The maximum Gasteiger partial charge on any atom is 0.277 e. The zero-order valence-electron chi connectivity index (χ0n) is 9.32. The maximum absolute atomic E-state index is 11.5. The Kier molecular flexibility index (Phi) is 4.98. The lowest BCUT2D eigenvalue weighted by Gasteiger charge is -2.13. The third kappa shape index (κ3) is 4.92. The minimum atomic E-state index is -3.34. The summed E-state index contributed by atoms with van der Waals surface area (Å²) in [4.78, 5) is 0. The fraction of sp³-hybridized carbons (Fsp3) is 1.00. The summed E-state index contributed by atoms with van der Waals surface area (Å²) in [7, 11) is -1.80. The van der Waals surface area contributed by atoms with Crippen LogP contribution in [0.3, 0.4) is 0 Å². The highest BCUT2D eigenvalue weighted by atomic mass is 32.2. The molecule has 1 aliphatic rings. The van der Waals surface area contributed by atoms with Gasteiger partial charge in [0, 0.05) is 19.7 Å². The molecule has 5 nitrogen and oxygen atoms in total. The summed E-state index contributed by atoms with van der Waals surface area (Å²) >= 11 is 0. The number of nitrogens with one attached hydrogen (secondary N) is 2. The van der Waals surface area contributed by atoms with E-state index in [1.807, 2.05) is 0 Å². The Hall–Kier alpha value is -0.170. The molecule has 0 aromatic rings. The van der Waals surface area contributed by atoms with Crippen molar-refractivity contribution in [3.8, 4) is 0 Å². The van der Waals surface area contributed by atoms with Crippen molar-refractivity contribution >= 4 is 10.2 Å². The Bertz CT molecular complexity index is 279. The topological polar surface area (TPSA) is 67.4 Å². The maximum atomic E-state index is 11.5. The van der Waals surface area contributed by atoms with Crippen LogP contribution in [0.2, 0.25) is 0 Å². The molecule has 2 N–H and O–H groups in total. The Morgan fingerprint density at radius 2 is 2.13 bits per heavy atom. The minimum absolute atomic E-state index is 0.0973. The van der Waals surface area contributed by atoms with Gasteiger partial charge in [0.05, 0.1) is 6.61 Å². The van der Waals surface area contributed by atoms with Gasteiger partial charge in [0.2, 0.25) is 0 Å². The van der Waals surface area contributed by atoms with Crippen molar-refractivity contribution < 1.29 is 13.2 Å². The highest BCUT2D eigenvalue weighted by molar-refractivity contribution is 7.87. The molecule has 6 heteroatoms. The lowest BCUT2D eigenvalue weighted by molar-refractivity contribution is 0.204. The van der Waals surface area contributed by atoms with Gasteiger partial charge < -0.3 is 4.74 Å². The first kappa shape index (κ1) is 12.9. The van der Waals surface area contributed by atoms with Gasteiger partial charge in [0.15, 0.2) is 0 Å². The molecule has 1 fully saturated rings. The van der Waals surface area contributed by atoms with Gasteiger partial charge in [-0.25, -0.2) is 0 Å². The molecule has 0 saturated heterocycles. The number of hydrogen-bond donors (Lipinski definition) is 2. The fourth-order valence-corrected chi connectivity index (χ4v) is 2.94. The van der Waals surface area contributed by atoms with E-state index in [-0.39, 0.29) is 6.04 Å². The molecular formula is C9H20N2O3S. The van der Waals surface area contributed by atoms with Crippen molar-refractivity contribution in [3.63, 3.8) is 0 Å². The van der Waals surface area contributed by atoms with Crippen LogP contribution >= 0.6 is 0 Å². The summed E-state index contributed by atoms with van der Waals surface area (Å²) in [5.41, 5.74) is 0. The van der Waals surface area contributed by atoms with Gasteiger partial charge in [0.1, 0.15) is 0 Å².